The van der Waals surface area contributed by atoms with Crippen molar-refractivity contribution in [1.29, 1.82) is 0 Å². The van der Waals surface area contributed by atoms with Crippen molar-refractivity contribution in [3.05, 3.63) is 40.1 Å². The maximum Gasteiger partial charge on any atom is 0.252 e. The fraction of sp³-hybridized carbons (Fsp3) is 0.364. The zero-order valence-corrected chi connectivity index (χ0v) is 9.14. The number of rotatable bonds is 4. The van der Waals surface area contributed by atoms with Crippen LogP contribution in [-0.2, 0) is 6.54 Å². The molecule has 0 unspecified atom stereocenters. The average Bonchev–Trinajstić information content (AvgIpc) is 3.07. The Labute approximate surface area is 97.1 Å². The van der Waals surface area contributed by atoms with Crippen LogP contribution in [-0.4, -0.2) is 15.1 Å². The van der Waals surface area contributed by atoms with Gasteiger partial charge in [0, 0.05) is 24.2 Å². The van der Waals surface area contributed by atoms with Crippen LogP contribution < -0.4 is 10.9 Å². The summed E-state index contributed by atoms with van der Waals surface area (Å²) in [6.07, 6.45) is 3.86. The fourth-order valence-electron chi connectivity index (χ4n) is 1.61. The van der Waals surface area contributed by atoms with E-state index in [-0.39, 0.29) is 5.56 Å². The summed E-state index contributed by atoms with van der Waals surface area (Å²) in [5, 5.41) is 6.97. The van der Waals surface area contributed by atoms with E-state index < -0.39 is 0 Å². The molecule has 0 saturated heterocycles. The van der Waals surface area contributed by atoms with E-state index in [0.717, 1.165) is 11.5 Å². The SMILES string of the molecule is O=c1ccnc(NCc2cc(C3CC3)no2)[nH]1. The lowest BCUT2D eigenvalue weighted by molar-refractivity contribution is 0.381. The average molecular weight is 232 g/mol. The lowest BCUT2D eigenvalue weighted by Gasteiger charge is -2.00. The normalized spacial score (nSPS) is 14.8. The second kappa shape index (κ2) is 4.04. The molecule has 0 bridgehead atoms. The van der Waals surface area contributed by atoms with E-state index in [1.807, 2.05) is 6.07 Å². The highest BCUT2D eigenvalue weighted by Crippen LogP contribution is 2.39. The first kappa shape index (κ1) is 10.1. The van der Waals surface area contributed by atoms with Crippen molar-refractivity contribution in [2.75, 3.05) is 5.32 Å². The molecule has 2 N–H and O–H groups in total. The molecule has 0 spiro atoms. The molecular weight excluding hydrogens is 220 g/mol. The molecule has 88 valence electrons. The highest BCUT2D eigenvalue weighted by Gasteiger charge is 2.26. The molecule has 6 nitrogen and oxygen atoms in total. The number of anilines is 1. The predicted molar refractivity (Wildman–Crippen MR) is 60.7 cm³/mol. The summed E-state index contributed by atoms with van der Waals surface area (Å²) in [7, 11) is 0. The monoisotopic (exact) mass is 232 g/mol. The Morgan fingerprint density at radius 1 is 1.53 bits per heavy atom. The van der Waals surface area contributed by atoms with E-state index in [4.69, 9.17) is 4.52 Å². The van der Waals surface area contributed by atoms with Gasteiger partial charge in [0.05, 0.1) is 12.2 Å². The van der Waals surface area contributed by atoms with Crippen molar-refractivity contribution in [3.63, 3.8) is 0 Å². The summed E-state index contributed by atoms with van der Waals surface area (Å²) in [4.78, 5) is 17.6. The van der Waals surface area contributed by atoms with Crippen LogP contribution in [0.2, 0.25) is 0 Å². The minimum absolute atomic E-state index is 0.182. The summed E-state index contributed by atoms with van der Waals surface area (Å²) in [5.74, 6) is 1.77. The third kappa shape index (κ3) is 2.35. The quantitative estimate of drug-likeness (QED) is 0.828. The molecule has 1 saturated carbocycles. The van der Waals surface area contributed by atoms with Crippen molar-refractivity contribution < 1.29 is 4.52 Å². The van der Waals surface area contributed by atoms with Crippen molar-refractivity contribution in [2.24, 2.45) is 0 Å². The number of hydrogen-bond donors (Lipinski definition) is 2. The van der Waals surface area contributed by atoms with Crippen LogP contribution in [0.4, 0.5) is 5.95 Å². The zero-order chi connectivity index (χ0) is 11.7. The zero-order valence-electron chi connectivity index (χ0n) is 9.14. The van der Waals surface area contributed by atoms with Crippen molar-refractivity contribution in [1.82, 2.24) is 15.1 Å². The Kier molecular flexibility index (Phi) is 2.40. The first-order valence-electron chi connectivity index (χ1n) is 5.56. The van der Waals surface area contributed by atoms with E-state index in [1.54, 1.807) is 0 Å². The van der Waals surface area contributed by atoms with Gasteiger partial charge in [-0.15, -0.1) is 0 Å². The second-order valence-corrected chi connectivity index (χ2v) is 4.13. The number of hydrogen-bond acceptors (Lipinski definition) is 5. The van der Waals surface area contributed by atoms with Gasteiger partial charge in [-0.3, -0.25) is 9.78 Å². The van der Waals surface area contributed by atoms with Gasteiger partial charge in [-0.2, -0.15) is 0 Å². The van der Waals surface area contributed by atoms with Gasteiger partial charge in [0.25, 0.3) is 5.56 Å². The molecule has 2 heterocycles. The molecule has 0 aromatic carbocycles. The van der Waals surface area contributed by atoms with Crippen molar-refractivity contribution >= 4 is 5.95 Å². The summed E-state index contributed by atoms with van der Waals surface area (Å²) in [6.45, 7) is 0.465. The lowest BCUT2D eigenvalue weighted by Crippen LogP contribution is -2.10. The van der Waals surface area contributed by atoms with E-state index in [9.17, 15) is 4.79 Å². The van der Waals surface area contributed by atoms with Crippen LogP contribution >= 0.6 is 0 Å². The van der Waals surface area contributed by atoms with E-state index >= 15 is 0 Å². The second-order valence-electron chi connectivity index (χ2n) is 4.13. The van der Waals surface area contributed by atoms with Crippen LogP contribution in [0, 0.1) is 0 Å². The molecule has 1 aliphatic carbocycles. The van der Waals surface area contributed by atoms with Gasteiger partial charge >= 0.3 is 0 Å². The lowest BCUT2D eigenvalue weighted by atomic mass is 10.3. The maximum atomic E-state index is 11.0. The Balaban J connectivity index is 1.64. The fourth-order valence-corrected chi connectivity index (χ4v) is 1.61. The van der Waals surface area contributed by atoms with Gasteiger partial charge in [0.1, 0.15) is 0 Å². The van der Waals surface area contributed by atoms with Crippen LogP contribution in [0.5, 0.6) is 0 Å². The van der Waals surface area contributed by atoms with Crippen LogP contribution in [0.1, 0.15) is 30.2 Å². The molecular formula is C11H12N4O2. The molecule has 0 atom stereocenters. The minimum Gasteiger partial charge on any atom is -0.359 e. The Morgan fingerprint density at radius 3 is 3.18 bits per heavy atom. The Hall–Kier alpha value is -2.11. The van der Waals surface area contributed by atoms with Crippen molar-refractivity contribution in [2.45, 2.75) is 25.3 Å². The van der Waals surface area contributed by atoms with Crippen LogP contribution in [0.3, 0.4) is 0 Å². The minimum atomic E-state index is -0.182. The summed E-state index contributed by atoms with van der Waals surface area (Å²) < 4.78 is 5.19. The summed E-state index contributed by atoms with van der Waals surface area (Å²) in [5.41, 5.74) is 0.843. The first-order valence-corrected chi connectivity index (χ1v) is 5.56. The van der Waals surface area contributed by atoms with Gasteiger partial charge in [-0.05, 0) is 12.8 Å². The van der Waals surface area contributed by atoms with Gasteiger partial charge in [-0.25, -0.2) is 4.98 Å². The first-order chi connectivity index (χ1) is 8.31. The topological polar surface area (TPSA) is 83.8 Å². The molecule has 3 rings (SSSR count). The predicted octanol–water partition coefficient (Wildman–Crippen LogP) is 1.25. The molecule has 2 aromatic rings. The van der Waals surface area contributed by atoms with E-state index in [2.05, 4.69) is 20.4 Å². The molecule has 1 fully saturated rings. The third-order valence-corrected chi connectivity index (χ3v) is 2.67. The van der Waals surface area contributed by atoms with Gasteiger partial charge in [-0.1, -0.05) is 5.16 Å². The maximum absolute atomic E-state index is 11.0. The van der Waals surface area contributed by atoms with Crippen LogP contribution in [0.15, 0.2) is 27.6 Å². The smallest absolute Gasteiger partial charge is 0.252 e. The summed E-state index contributed by atoms with van der Waals surface area (Å²) >= 11 is 0. The molecule has 0 amide bonds. The highest BCUT2D eigenvalue weighted by molar-refractivity contribution is 5.24. The molecule has 6 heteroatoms. The third-order valence-electron chi connectivity index (χ3n) is 2.67. The molecule has 1 aliphatic rings. The number of aromatic nitrogens is 3. The van der Waals surface area contributed by atoms with E-state index in [1.165, 1.54) is 25.1 Å². The van der Waals surface area contributed by atoms with Gasteiger partial charge < -0.3 is 9.84 Å². The van der Waals surface area contributed by atoms with Gasteiger partial charge in [0.2, 0.25) is 5.95 Å². The molecule has 0 aliphatic heterocycles. The number of nitrogens with one attached hydrogen (secondary N) is 2. The number of nitrogens with zero attached hydrogens (tertiary/aromatic N) is 2. The number of H-pyrrole nitrogens is 1. The largest absolute Gasteiger partial charge is 0.359 e. The van der Waals surface area contributed by atoms with Crippen molar-refractivity contribution in [3.8, 4) is 0 Å². The van der Waals surface area contributed by atoms with E-state index in [0.29, 0.717) is 18.4 Å². The Morgan fingerprint density at radius 2 is 2.41 bits per heavy atom. The van der Waals surface area contributed by atoms with Crippen LogP contribution in [0.25, 0.3) is 0 Å². The summed E-state index contributed by atoms with van der Waals surface area (Å²) in [6, 6.07) is 3.32. The number of aromatic amines is 1. The van der Waals surface area contributed by atoms with Gasteiger partial charge in [0.15, 0.2) is 5.76 Å². The Bertz CT molecular complexity index is 571. The molecule has 2 aromatic heterocycles. The standard InChI is InChI=1S/C11H12N4O2/c16-10-3-4-12-11(14-10)13-6-8-5-9(15-17-8)7-1-2-7/h3-5,7H,1-2,6H2,(H2,12,13,14,16). The molecule has 17 heavy (non-hydrogen) atoms. The highest BCUT2D eigenvalue weighted by atomic mass is 16.5. The molecule has 0 radical (unpaired) electrons.